The van der Waals surface area contributed by atoms with Gasteiger partial charge in [0.05, 0.1) is 6.42 Å². The van der Waals surface area contributed by atoms with Crippen molar-refractivity contribution in [2.75, 3.05) is 6.54 Å². The lowest BCUT2D eigenvalue weighted by Gasteiger charge is -2.03. The summed E-state index contributed by atoms with van der Waals surface area (Å²) in [5, 5.41) is 10.8. The van der Waals surface area contributed by atoms with Gasteiger partial charge in [0.1, 0.15) is 6.54 Å². The Morgan fingerprint density at radius 2 is 2.06 bits per heavy atom. The maximum absolute atomic E-state index is 11.4. The monoisotopic (exact) mass is 224 g/mol. The van der Waals surface area contributed by atoms with Gasteiger partial charge in [-0.3, -0.25) is 9.59 Å². The van der Waals surface area contributed by atoms with Gasteiger partial charge in [-0.25, -0.2) is 0 Å². The van der Waals surface area contributed by atoms with Gasteiger partial charge in [0.2, 0.25) is 5.91 Å². The van der Waals surface area contributed by atoms with Crippen LogP contribution in [0.25, 0.3) is 0 Å². The molecule has 2 N–H and O–H groups in total. The van der Waals surface area contributed by atoms with Crippen LogP contribution in [0.15, 0.2) is 6.07 Å². The van der Waals surface area contributed by atoms with E-state index < -0.39 is 5.97 Å². The second-order valence-electron chi connectivity index (χ2n) is 3.80. The lowest BCUT2D eigenvalue weighted by atomic mass is 10.1. The number of carbonyl (C=O) groups is 2. The minimum Gasteiger partial charge on any atom is -0.480 e. The van der Waals surface area contributed by atoms with E-state index in [9.17, 15) is 9.59 Å². The first-order chi connectivity index (χ1) is 7.41. The summed E-state index contributed by atoms with van der Waals surface area (Å²) in [6.07, 6.45) is 0.223. The molecule has 0 radical (unpaired) electrons. The molecular weight excluding hydrogens is 208 g/mol. The summed E-state index contributed by atoms with van der Waals surface area (Å²) >= 11 is 0. The van der Waals surface area contributed by atoms with Crippen molar-refractivity contribution in [2.45, 2.75) is 20.3 Å². The zero-order valence-electron chi connectivity index (χ0n) is 9.70. The second-order valence-corrected chi connectivity index (χ2v) is 3.80. The Morgan fingerprint density at radius 1 is 1.44 bits per heavy atom. The molecule has 0 unspecified atom stereocenters. The smallest absolute Gasteiger partial charge is 0.322 e. The third-order valence-electron chi connectivity index (χ3n) is 2.67. The quantitative estimate of drug-likeness (QED) is 0.777. The van der Waals surface area contributed by atoms with Crippen LogP contribution in [0.2, 0.25) is 0 Å². The van der Waals surface area contributed by atoms with Gasteiger partial charge in [0.15, 0.2) is 0 Å². The summed E-state index contributed by atoms with van der Waals surface area (Å²) in [5.41, 5.74) is 3.05. The van der Waals surface area contributed by atoms with Gasteiger partial charge in [-0.05, 0) is 25.5 Å². The highest BCUT2D eigenvalue weighted by atomic mass is 16.4. The largest absolute Gasteiger partial charge is 0.480 e. The van der Waals surface area contributed by atoms with Crippen molar-refractivity contribution < 1.29 is 14.7 Å². The first kappa shape index (κ1) is 12.3. The van der Waals surface area contributed by atoms with Gasteiger partial charge in [0.25, 0.3) is 0 Å². The van der Waals surface area contributed by atoms with Crippen LogP contribution in [0.1, 0.15) is 17.0 Å². The summed E-state index contributed by atoms with van der Waals surface area (Å²) in [6, 6.07) is 1.94. The highest BCUT2D eigenvalue weighted by molar-refractivity contribution is 5.82. The Labute approximate surface area is 94.1 Å². The van der Waals surface area contributed by atoms with Crippen LogP contribution >= 0.6 is 0 Å². The number of rotatable bonds is 4. The van der Waals surface area contributed by atoms with Gasteiger partial charge in [-0.15, -0.1) is 0 Å². The molecule has 1 aromatic rings. The summed E-state index contributed by atoms with van der Waals surface area (Å²) in [6.45, 7) is 3.57. The summed E-state index contributed by atoms with van der Waals surface area (Å²) in [4.78, 5) is 21.7. The molecule has 0 saturated carbocycles. The molecule has 0 aliphatic heterocycles. The van der Waals surface area contributed by atoms with Gasteiger partial charge >= 0.3 is 5.97 Å². The predicted octanol–water partition coefficient (Wildman–Crippen LogP) is 0.385. The first-order valence-electron chi connectivity index (χ1n) is 5.02. The Bertz CT molecular complexity index is 421. The van der Waals surface area contributed by atoms with Crippen molar-refractivity contribution in [1.82, 2.24) is 9.88 Å². The third kappa shape index (κ3) is 2.85. The SMILES string of the molecule is Cc1cc(CC(=O)NCC(=O)O)c(C)n1C. The van der Waals surface area contributed by atoms with E-state index in [0.29, 0.717) is 0 Å². The maximum Gasteiger partial charge on any atom is 0.322 e. The number of amides is 1. The van der Waals surface area contributed by atoms with Crippen molar-refractivity contribution in [1.29, 1.82) is 0 Å². The number of aromatic nitrogens is 1. The molecule has 1 amide bonds. The Balaban J connectivity index is 2.63. The van der Waals surface area contributed by atoms with Crippen LogP contribution in [0.5, 0.6) is 0 Å². The number of nitrogens with zero attached hydrogens (tertiary/aromatic N) is 1. The van der Waals surface area contributed by atoms with Gasteiger partial charge in [-0.2, -0.15) is 0 Å². The molecule has 0 bridgehead atoms. The molecule has 1 heterocycles. The fourth-order valence-corrected chi connectivity index (χ4v) is 1.52. The number of carbonyl (C=O) groups excluding carboxylic acids is 1. The maximum atomic E-state index is 11.4. The lowest BCUT2D eigenvalue weighted by Crippen LogP contribution is -2.30. The van der Waals surface area contributed by atoms with E-state index in [-0.39, 0.29) is 18.9 Å². The molecule has 1 rings (SSSR count). The topological polar surface area (TPSA) is 71.3 Å². The lowest BCUT2D eigenvalue weighted by molar-refractivity contribution is -0.137. The van der Waals surface area contributed by atoms with Gasteiger partial charge in [-0.1, -0.05) is 0 Å². The van der Waals surface area contributed by atoms with Crippen LogP contribution < -0.4 is 5.32 Å². The third-order valence-corrected chi connectivity index (χ3v) is 2.67. The molecule has 5 nitrogen and oxygen atoms in total. The summed E-state index contributed by atoms with van der Waals surface area (Å²) < 4.78 is 2.00. The van der Waals surface area contributed by atoms with E-state index in [1.54, 1.807) is 0 Å². The molecule has 5 heteroatoms. The number of aryl methyl sites for hydroxylation is 1. The van der Waals surface area contributed by atoms with Crippen LogP contribution in [0.4, 0.5) is 0 Å². The molecular formula is C11H16N2O3. The van der Waals surface area contributed by atoms with Gasteiger partial charge < -0.3 is 15.0 Å². The average molecular weight is 224 g/mol. The van der Waals surface area contributed by atoms with E-state index in [4.69, 9.17) is 5.11 Å². The molecule has 0 fully saturated rings. The van der Waals surface area contributed by atoms with Crippen molar-refractivity contribution in [3.05, 3.63) is 23.0 Å². The molecule has 0 aliphatic carbocycles. The second kappa shape index (κ2) is 4.83. The van der Waals surface area contributed by atoms with Gasteiger partial charge in [0, 0.05) is 18.4 Å². The molecule has 0 spiro atoms. The first-order valence-corrected chi connectivity index (χ1v) is 5.02. The van der Waals surface area contributed by atoms with Crippen molar-refractivity contribution >= 4 is 11.9 Å². The van der Waals surface area contributed by atoms with Crippen LogP contribution in [0, 0.1) is 13.8 Å². The number of carboxylic acid groups (broad SMARTS) is 1. The van der Waals surface area contributed by atoms with E-state index in [0.717, 1.165) is 17.0 Å². The minimum atomic E-state index is -1.03. The molecule has 0 aliphatic rings. The van der Waals surface area contributed by atoms with Crippen molar-refractivity contribution in [3.8, 4) is 0 Å². The van der Waals surface area contributed by atoms with Crippen LogP contribution in [-0.2, 0) is 23.1 Å². The zero-order chi connectivity index (χ0) is 12.3. The number of hydrogen-bond acceptors (Lipinski definition) is 2. The molecule has 0 atom stereocenters. The Morgan fingerprint density at radius 3 is 2.50 bits per heavy atom. The van der Waals surface area contributed by atoms with E-state index in [1.807, 2.05) is 31.5 Å². The van der Waals surface area contributed by atoms with Crippen LogP contribution in [0.3, 0.4) is 0 Å². The predicted molar refractivity (Wildman–Crippen MR) is 59.2 cm³/mol. The average Bonchev–Trinajstić information content (AvgIpc) is 2.43. The van der Waals surface area contributed by atoms with Crippen molar-refractivity contribution in [2.24, 2.45) is 7.05 Å². The van der Waals surface area contributed by atoms with E-state index in [2.05, 4.69) is 5.32 Å². The number of carboxylic acids is 1. The number of hydrogen-bond donors (Lipinski definition) is 2. The van der Waals surface area contributed by atoms with Crippen LogP contribution in [-0.4, -0.2) is 28.1 Å². The number of aliphatic carboxylic acids is 1. The molecule has 0 saturated heterocycles. The Kier molecular flexibility index (Phi) is 3.71. The normalized spacial score (nSPS) is 10.2. The molecule has 0 aromatic carbocycles. The minimum absolute atomic E-state index is 0.223. The summed E-state index contributed by atoms with van der Waals surface area (Å²) in [5.74, 6) is -1.30. The number of nitrogens with one attached hydrogen (secondary N) is 1. The molecule has 16 heavy (non-hydrogen) atoms. The highest BCUT2D eigenvalue weighted by Gasteiger charge is 2.10. The molecule has 88 valence electrons. The standard InChI is InChI=1S/C11H16N2O3/c1-7-4-9(8(2)13(7)3)5-10(14)12-6-11(15)16/h4H,5-6H2,1-3H3,(H,12,14)(H,15,16). The highest BCUT2D eigenvalue weighted by Crippen LogP contribution is 2.13. The van der Waals surface area contributed by atoms with E-state index in [1.165, 1.54) is 0 Å². The molecule has 1 aromatic heterocycles. The zero-order valence-corrected chi connectivity index (χ0v) is 9.70. The van der Waals surface area contributed by atoms with E-state index >= 15 is 0 Å². The van der Waals surface area contributed by atoms with Crippen molar-refractivity contribution in [3.63, 3.8) is 0 Å². The fourth-order valence-electron chi connectivity index (χ4n) is 1.52. The Hall–Kier alpha value is -1.78. The summed E-state index contributed by atoms with van der Waals surface area (Å²) in [7, 11) is 1.93. The fraction of sp³-hybridized carbons (Fsp3) is 0.455.